The van der Waals surface area contributed by atoms with Crippen LogP contribution >= 0.6 is 0 Å². The smallest absolute Gasteiger partial charge is 0.306 e. The molecular formula is C49H66O12. The molecule has 4 aliphatic heterocycles. The first-order chi connectivity index (χ1) is 29.2. The fourth-order valence-electron chi connectivity index (χ4n) is 14.4. The quantitative estimate of drug-likeness (QED) is 0.169. The number of phenolic OH excluding ortho intramolecular Hbond substituents is 1. The summed E-state index contributed by atoms with van der Waals surface area (Å²) in [5, 5.41) is 47.2. The highest BCUT2D eigenvalue weighted by molar-refractivity contribution is 5.72. The highest BCUT2D eigenvalue weighted by Crippen LogP contribution is 2.70. The first-order valence-electron chi connectivity index (χ1n) is 23.3. The van der Waals surface area contributed by atoms with E-state index >= 15 is 0 Å². The molecule has 4 saturated heterocycles. The summed E-state index contributed by atoms with van der Waals surface area (Å²) >= 11 is 0. The Balaban J connectivity index is 0.752. The molecule has 2 aromatic carbocycles. The number of hydrogen-bond donors (Lipinski definition) is 4. The van der Waals surface area contributed by atoms with E-state index in [0.717, 1.165) is 49.7 Å². The molecule has 20 atom stereocenters. The van der Waals surface area contributed by atoms with Crippen LogP contribution in [0.2, 0.25) is 0 Å². The van der Waals surface area contributed by atoms with Gasteiger partial charge in [-0.25, -0.2) is 0 Å². The Hall–Kier alpha value is -2.65. The van der Waals surface area contributed by atoms with Gasteiger partial charge >= 0.3 is 5.97 Å². The number of aliphatic hydroxyl groups excluding tert-OH is 2. The molecule has 7 unspecified atom stereocenters. The van der Waals surface area contributed by atoms with Crippen LogP contribution in [-0.4, -0.2) is 99.5 Å². The SMILES string of the molecule is CC1O[C@@H](O[C@H]2CC[C@@]3(C)[C@H](CC[C@@H]4[C@@H]3C[C@@H](O)[C@]3(C)[C@@H](C5CC(=O)OC5Cc5ccccc5O)CC[C@]43O)C2)C[C@@H](O)C1O[C@H]1C[C@H]2OC(c3ccccc3)OC2C(C)O1. The van der Waals surface area contributed by atoms with Crippen molar-refractivity contribution in [3.8, 4) is 5.75 Å². The van der Waals surface area contributed by atoms with Crippen LogP contribution in [0.5, 0.6) is 5.75 Å². The Kier molecular flexibility index (Phi) is 11.2. The van der Waals surface area contributed by atoms with E-state index in [1.165, 1.54) is 0 Å². The van der Waals surface area contributed by atoms with Crippen molar-refractivity contribution in [2.24, 2.45) is 40.4 Å². The van der Waals surface area contributed by atoms with Crippen molar-refractivity contribution in [3.05, 3.63) is 65.7 Å². The van der Waals surface area contributed by atoms with E-state index in [2.05, 4.69) is 13.8 Å². The fourth-order valence-corrected chi connectivity index (χ4v) is 14.4. The molecule has 4 N–H and O–H groups in total. The Morgan fingerprint density at radius 2 is 1.52 bits per heavy atom. The second-order valence-corrected chi connectivity index (χ2v) is 20.6. The molecule has 61 heavy (non-hydrogen) atoms. The van der Waals surface area contributed by atoms with E-state index in [1.807, 2.05) is 56.3 Å². The van der Waals surface area contributed by atoms with Crippen molar-refractivity contribution < 1.29 is 58.4 Å². The molecule has 10 rings (SSSR count). The number of hydrogen-bond acceptors (Lipinski definition) is 12. The average Bonchev–Trinajstić information content (AvgIpc) is 3.91. The van der Waals surface area contributed by atoms with E-state index in [9.17, 15) is 25.2 Å². The van der Waals surface area contributed by atoms with E-state index in [4.69, 9.17) is 33.2 Å². The summed E-state index contributed by atoms with van der Waals surface area (Å²) in [5.74, 6) is 0.288. The lowest BCUT2D eigenvalue weighted by Crippen LogP contribution is -2.67. The van der Waals surface area contributed by atoms with Crippen LogP contribution in [0.4, 0.5) is 0 Å². The summed E-state index contributed by atoms with van der Waals surface area (Å²) < 4.78 is 44.2. The Labute approximate surface area is 359 Å². The highest BCUT2D eigenvalue weighted by Gasteiger charge is 2.72. The lowest BCUT2D eigenvalue weighted by molar-refractivity contribution is -0.314. The molecule has 4 heterocycles. The number of carbonyl (C=O) groups excluding carboxylic acids is 1. The highest BCUT2D eigenvalue weighted by atomic mass is 16.8. The van der Waals surface area contributed by atoms with Crippen molar-refractivity contribution in [1.29, 1.82) is 0 Å². The van der Waals surface area contributed by atoms with Crippen LogP contribution in [0, 0.1) is 40.4 Å². The molecule has 334 valence electrons. The lowest BCUT2D eigenvalue weighted by atomic mass is 9.42. The minimum absolute atomic E-state index is 0.0216. The van der Waals surface area contributed by atoms with Crippen LogP contribution in [0.1, 0.15) is 116 Å². The van der Waals surface area contributed by atoms with Crippen molar-refractivity contribution in [2.75, 3.05) is 0 Å². The zero-order valence-corrected chi connectivity index (χ0v) is 36.1. The Morgan fingerprint density at radius 1 is 0.770 bits per heavy atom. The topological polar surface area (TPSA) is 163 Å². The first kappa shape index (κ1) is 42.3. The summed E-state index contributed by atoms with van der Waals surface area (Å²) in [4.78, 5) is 12.8. The van der Waals surface area contributed by atoms with Gasteiger partial charge in [0.2, 0.25) is 0 Å². The van der Waals surface area contributed by atoms with Gasteiger partial charge in [0.25, 0.3) is 0 Å². The van der Waals surface area contributed by atoms with E-state index < -0.39 is 60.4 Å². The summed E-state index contributed by atoms with van der Waals surface area (Å²) in [5.41, 5.74) is -0.192. The molecule has 0 aromatic heterocycles. The standard InChI is InChI=1S/C49H66O12/c1-26-44(60-43-25-39-45(27(2)56-43)61-46(59-39)28-10-6-5-7-11-28)37(51)24-42(55-26)57-31-16-18-47(3)30(21-31)14-15-34-35(47)23-40(52)48(4)33(17-19-49(34,48)54)32-22-41(53)58-38(32)20-29-12-8-9-13-36(29)50/h5-13,26-27,30-35,37-40,42-46,50-52,54H,14-25H2,1-4H3/t26?,27?,30-,31+,32?,33-,34-,35+,37-,38?,39-,40-,42+,43+,44?,45?,46?,47+,48+,49+/m1/s1. The number of phenols is 1. The Bertz CT molecular complexity index is 1890. The van der Waals surface area contributed by atoms with E-state index in [0.29, 0.717) is 38.0 Å². The van der Waals surface area contributed by atoms with Crippen LogP contribution in [-0.2, 0) is 44.4 Å². The van der Waals surface area contributed by atoms with Crippen LogP contribution < -0.4 is 0 Å². The Morgan fingerprint density at radius 3 is 2.31 bits per heavy atom. The van der Waals surface area contributed by atoms with E-state index in [1.54, 1.807) is 12.1 Å². The zero-order chi connectivity index (χ0) is 42.4. The maximum Gasteiger partial charge on any atom is 0.306 e. The first-order valence-corrected chi connectivity index (χ1v) is 23.3. The molecule has 0 radical (unpaired) electrons. The number of fused-ring (bicyclic) bond motifs is 6. The molecule has 0 amide bonds. The maximum atomic E-state index is 13.0. The van der Waals surface area contributed by atoms with Crippen LogP contribution in [0.25, 0.3) is 0 Å². The van der Waals surface area contributed by atoms with Crippen molar-refractivity contribution in [1.82, 2.24) is 0 Å². The number of aromatic hydroxyl groups is 1. The third-order valence-electron chi connectivity index (χ3n) is 17.6. The molecule has 8 aliphatic rings. The summed E-state index contributed by atoms with van der Waals surface area (Å²) in [6.07, 6.45) is 2.74. The molecule has 4 saturated carbocycles. The van der Waals surface area contributed by atoms with Gasteiger partial charge in [0.05, 0.1) is 48.6 Å². The molecule has 0 bridgehead atoms. The van der Waals surface area contributed by atoms with Crippen LogP contribution in [0.15, 0.2) is 54.6 Å². The van der Waals surface area contributed by atoms with Gasteiger partial charge in [-0.1, -0.05) is 62.4 Å². The van der Waals surface area contributed by atoms with Gasteiger partial charge in [-0.2, -0.15) is 0 Å². The molecule has 4 aliphatic carbocycles. The van der Waals surface area contributed by atoms with Gasteiger partial charge < -0.3 is 53.6 Å². The molecule has 0 spiro atoms. The predicted molar refractivity (Wildman–Crippen MR) is 220 cm³/mol. The zero-order valence-electron chi connectivity index (χ0n) is 36.1. The second-order valence-electron chi connectivity index (χ2n) is 20.6. The number of aliphatic hydroxyl groups is 3. The number of esters is 1. The minimum Gasteiger partial charge on any atom is -0.508 e. The van der Waals surface area contributed by atoms with Gasteiger partial charge in [0.1, 0.15) is 24.1 Å². The number of para-hydroxylation sites is 1. The lowest BCUT2D eigenvalue weighted by Gasteiger charge is -2.65. The summed E-state index contributed by atoms with van der Waals surface area (Å²) in [6.45, 7) is 8.36. The molecule has 2 aromatic rings. The van der Waals surface area contributed by atoms with Gasteiger partial charge in [-0.15, -0.1) is 0 Å². The molecular weight excluding hydrogens is 781 g/mol. The van der Waals surface area contributed by atoms with Gasteiger partial charge in [0.15, 0.2) is 18.9 Å². The van der Waals surface area contributed by atoms with Gasteiger partial charge in [-0.3, -0.25) is 4.79 Å². The van der Waals surface area contributed by atoms with Gasteiger partial charge in [0, 0.05) is 36.2 Å². The van der Waals surface area contributed by atoms with Crippen molar-refractivity contribution >= 4 is 5.97 Å². The summed E-state index contributed by atoms with van der Waals surface area (Å²) in [7, 11) is 0. The summed E-state index contributed by atoms with van der Waals surface area (Å²) in [6, 6.07) is 17.1. The minimum atomic E-state index is -1.06. The number of benzene rings is 2. The van der Waals surface area contributed by atoms with Crippen LogP contribution in [0.3, 0.4) is 0 Å². The third kappa shape index (κ3) is 7.19. The van der Waals surface area contributed by atoms with Crippen molar-refractivity contribution in [2.45, 2.75) is 184 Å². The number of carbonyl (C=O) groups is 1. The second kappa shape index (κ2) is 16.1. The fraction of sp³-hybridized carbons (Fsp3) is 0.735. The number of cyclic esters (lactones) is 1. The van der Waals surface area contributed by atoms with Crippen molar-refractivity contribution in [3.63, 3.8) is 0 Å². The molecule has 12 nitrogen and oxygen atoms in total. The largest absolute Gasteiger partial charge is 0.508 e. The maximum absolute atomic E-state index is 13.0. The molecule has 12 heteroatoms. The average molecular weight is 847 g/mol. The monoisotopic (exact) mass is 846 g/mol. The van der Waals surface area contributed by atoms with Gasteiger partial charge in [-0.05, 0) is 106 Å². The predicted octanol–water partition coefficient (Wildman–Crippen LogP) is 6.49. The molecule has 8 fully saturated rings. The third-order valence-corrected chi connectivity index (χ3v) is 17.6. The normalized spacial score (nSPS) is 49.4. The number of rotatable bonds is 8. The van der Waals surface area contributed by atoms with E-state index in [-0.39, 0.29) is 71.6 Å². The number of ether oxygens (including phenoxy) is 7.